The first-order valence-corrected chi connectivity index (χ1v) is 4.94. The highest BCUT2D eigenvalue weighted by atomic mass is 16.5. The van der Waals surface area contributed by atoms with E-state index in [2.05, 4.69) is 6.92 Å². The molecule has 13 heavy (non-hydrogen) atoms. The highest BCUT2D eigenvalue weighted by molar-refractivity contribution is 5.76. The van der Waals surface area contributed by atoms with E-state index in [1.165, 1.54) is 0 Å². The molecule has 1 atom stereocenters. The summed E-state index contributed by atoms with van der Waals surface area (Å²) in [6, 6.07) is 0. The van der Waals surface area contributed by atoms with Crippen LogP contribution in [-0.4, -0.2) is 23.3 Å². The van der Waals surface area contributed by atoms with Gasteiger partial charge >= 0.3 is 5.97 Å². The monoisotopic (exact) mass is 188 g/mol. The maximum Gasteiger partial charge on any atom is 0.335 e. The summed E-state index contributed by atoms with van der Waals surface area (Å²) in [5, 5.41) is 8.94. The second-order valence-corrected chi connectivity index (χ2v) is 3.49. The van der Waals surface area contributed by atoms with Crippen LogP contribution in [-0.2, 0) is 9.53 Å². The molecule has 0 amide bonds. The van der Waals surface area contributed by atoms with E-state index in [-0.39, 0.29) is 0 Å². The molecule has 0 rings (SSSR count). The van der Waals surface area contributed by atoms with Crippen LogP contribution in [0.1, 0.15) is 46.5 Å². The van der Waals surface area contributed by atoms with Gasteiger partial charge in [0, 0.05) is 6.61 Å². The molecule has 0 aliphatic rings. The van der Waals surface area contributed by atoms with Gasteiger partial charge < -0.3 is 9.84 Å². The van der Waals surface area contributed by atoms with Crippen molar-refractivity contribution in [1.29, 1.82) is 0 Å². The molecule has 0 radical (unpaired) electrons. The number of carbonyl (C=O) groups is 1. The molecule has 1 N–H and O–H groups in total. The fourth-order valence-electron chi connectivity index (χ4n) is 1.16. The van der Waals surface area contributed by atoms with Crippen LogP contribution in [0.5, 0.6) is 0 Å². The lowest BCUT2D eigenvalue weighted by Crippen LogP contribution is -2.38. The Kier molecular flexibility index (Phi) is 5.71. The van der Waals surface area contributed by atoms with Crippen molar-refractivity contribution in [3.63, 3.8) is 0 Å². The minimum absolute atomic E-state index is 0.541. The van der Waals surface area contributed by atoms with Gasteiger partial charge in [0.1, 0.15) is 0 Å². The Bertz CT molecular complexity index is 156. The molecule has 0 spiro atoms. The van der Waals surface area contributed by atoms with Gasteiger partial charge in [-0.1, -0.05) is 26.7 Å². The van der Waals surface area contributed by atoms with E-state index in [0.29, 0.717) is 13.0 Å². The molecule has 0 bridgehead atoms. The van der Waals surface area contributed by atoms with Gasteiger partial charge in [-0.05, 0) is 19.8 Å². The fourth-order valence-corrected chi connectivity index (χ4v) is 1.16. The van der Waals surface area contributed by atoms with Crippen molar-refractivity contribution < 1.29 is 14.6 Å². The van der Waals surface area contributed by atoms with Gasteiger partial charge in [-0.15, -0.1) is 0 Å². The van der Waals surface area contributed by atoms with Crippen LogP contribution in [0.2, 0.25) is 0 Å². The van der Waals surface area contributed by atoms with Crippen molar-refractivity contribution >= 4 is 5.97 Å². The third-order valence-electron chi connectivity index (χ3n) is 2.10. The van der Waals surface area contributed by atoms with Crippen LogP contribution < -0.4 is 0 Å². The van der Waals surface area contributed by atoms with Crippen LogP contribution >= 0.6 is 0 Å². The standard InChI is InChI=1S/C10H20O3/c1-4-6-8-13-10(3,7-5-2)9(11)12/h4-8H2,1-3H3,(H,11,12). The van der Waals surface area contributed by atoms with Gasteiger partial charge in [0.15, 0.2) is 5.60 Å². The molecular weight excluding hydrogens is 168 g/mol. The zero-order valence-electron chi connectivity index (χ0n) is 8.80. The molecule has 0 heterocycles. The first-order valence-electron chi connectivity index (χ1n) is 4.94. The second-order valence-electron chi connectivity index (χ2n) is 3.49. The summed E-state index contributed by atoms with van der Waals surface area (Å²) >= 11 is 0. The predicted molar refractivity (Wildman–Crippen MR) is 51.8 cm³/mol. The molecule has 0 saturated heterocycles. The van der Waals surface area contributed by atoms with Gasteiger partial charge in [-0.2, -0.15) is 0 Å². The molecule has 0 aromatic heterocycles. The summed E-state index contributed by atoms with van der Waals surface area (Å²) in [6.45, 7) is 6.21. The number of ether oxygens (including phenoxy) is 1. The highest BCUT2D eigenvalue weighted by Crippen LogP contribution is 2.18. The molecular formula is C10H20O3. The Balaban J connectivity index is 4.00. The lowest BCUT2D eigenvalue weighted by atomic mass is 10.0. The third-order valence-corrected chi connectivity index (χ3v) is 2.10. The van der Waals surface area contributed by atoms with Crippen molar-refractivity contribution in [3.05, 3.63) is 0 Å². The minimum atomic E-state index is -0.982. The van der Waals surface area contributed by atoms with E-state index in [1.54, 1.807) is 6.92 Å². The van der Waals surface area contributed by atoms with Gasteiger partial charge in [-0.25, -0.2) is 4.79 Å². The smallest absolute Gasteiger partial charge is 0.335 e. The molecule has 0 aliphatic carbocycles. The predicted octanol–water partition coefficient (Wildman–Crippen LogP) is 2.45. The zero-order chi connectivity index (χ0) is 10.3. The van der Waals surface area contributed by atoms with E-state index < -0.39 is 11.6 Å². The number of aliphatic carboxylic acids is 1. The minimum Gasteiger partial charge on any atom is -0.479 e. The van der Waals surface area contributed by atoms with Gasteiger partial charge in [0.25, 0.3) is 0 Å². The number of carboxylic acid groups (broad SMARTS) is 1. The van der Waals surface area contributed by atoms with Crippen molar-refractivity contribution in [1.82, 2.24) is 0 Å². The Morgan fingerprint density at radius 2 is 2.00 bits per heavy atom. The lowest BCUT2D eigenvalue weighted by Gasteiger charge is -2.24. The number of hydrogen-bond donors (Lipinski definition) is 1. The Morgan fingerprint density at radius 1 is 1.38 bits per heavy atom. The highest BCUT2D eigenvalue weighted by Gasteiger charge is 2.32. The first kappa shape index (κ1) is 12.4. The molecule has 0 aromatic carbocycles. The molecule has 0 aliphatic heterocycles. The number of hydrogen-bond acceptors (Lipinski definition) is 2. The topological polar surface area (TPSA) is 46.5 Å². The molecule has 1 unspecified atom stereocenters. The fraction of sp³-hybridized carbons (Fsp3) is 0.900. The molecule has 3 nitrogen and oxygen atoms in total. The summed E-state index contributed by atoms with van der Waals surface area (Å²) in [6.07, 6.45) is 3.36. The van der Waals surface area contributed by atoms with Gasteiger partial charge in [-0.3, -0.25) is 0 Å². The van der Waals surface area contributed by atoms with E-state index in [4.69, 9.17) is 9.84 Å². The van der Waals surface area contributed by atoms with E-state index >= 15 is 0 Å². The van der Waals surface area contributed by atoms with E-state index in [9.17, 15) is 4.79 Å². The molecule has 0 saturated carbocycles. The van der Waals surface area contributed by atoms with Crippen molar-refractivity contribution in [2.75, 3.05) is 6.61 Å². The molecule has 78 valence electrons. The van der Waals surface area contributed by atoms with E-state index in [0.717, 1.165) is 19.3 Å². The first-order chi connectivity index (χ1) is 6.06. The lowest BCUT2D eigenvalue weighted by molar-refractivity contribution is -0.164. The van der Waals surface area contributed by atoms with Crippen molar-refractivity contribution in [3.8, 4) is 0 Å². The summed E-state index contributed by atoms with van der Waals surface area (Å²) < 4.78 is 5.37. The van der Waals surface area contributed by atoms with Crippen LogP contribution in [0.3, 0.4) is 0 Å². The van der Waals surface area contributed by atoms with Crippen LogP contribution in [0, 0.1) is 0 Å². The normalized spacial score (nSPS) is 15.3. The third kappa shape index (κ3) is 4.27. The molecule has 0 fully saturated rings. The zero-order valence-corrected chi connectivity index (χ0v) is 8.80. The van der Waals surface area contributed by atoms with Gasteiger partial charge in [0.05, 0.1) is 0 Å². The Labute approximate surface area is 80.1 Å². The average molecular weight is 188 g/mol. The van der Waals surface area contributed by atoms with Crippen LogP contribution in [0.15, 0.2) is 0 Å². The summed E-state index contributed by atoms with van der Waals surface area (Å²) in [5.41, 5.74) is -0.982. The largest absolute Gasteiger partial charge is 0.479 e. The van der Waals surface area contributed by atoms with Crippen molar-refractivity contribution in [2.45, 2.75) is 52.1 Å². The number of rotatable bonds is 7. The Morgan fingerprint density at radius 3 is 2.38 bits per heavy atom. The number of unbranched alkanes of at least 4 members (excludes halogenated alkanes) is 1. The Hall–Kier alpha value is -0.570. The van der Waals surface area contributed by atoms with E-state index in [1.807, 2.05) is 6.92 Å². The maximum absolute atomic E-state index is 10.9. The molecule has 0 aromatic rings. The SMILES string of the molecule is CCCCOC(C)(CCC)C(=O)O. The maximum atomic E-state index is 10.9. The summed E-state index contributed by atoms with van der Waals surface area (Å²) in [5.74, 6) is -0.856. The van der Waals surface area contributed by atoms with Crippen molar-refractivity contribution in [2.24, 2.45) is 0 Å². The summed E-state index contributed by atoms with van der Waals surface area (Å²) in [4.78, 5) is 10.9. The second kappa shape index (κ2) is 5.97. The van der Waals surface area contributed by atoms with Crippen LogP contribution in [0.25, 0.3) is 0 Å². The average Bonchev–Trinajstić information content (AvgIpc) is 2.05. The number of carboxylic acids is 1. The van der Waals surface area contributed by atoms with Crippen LogP contribution in [0.4, 0.5) is 0 Å². The summed E-state index contributed by atoms with van der Waals surface area (Å²) in [7, 11) is 0. The molecule has 3 heteroatoms. The quantitative estimate of drug-likeness (QED) is 0.624. The van der Waals surface area contributed by atoms with Gasteiger partial charge in [0.2, 0.25) is 0 Å².